The molecular weight excluding hydrogens is 371 g/mol. The fourth-order valence-corrected chi connectivity index (χ4v) is 3.72. The molecule has 0 saturated carbocycles. The third-order valence-corrected chi connectivity index (χ3v) is 5.58. The van der Waals surface area contributed by atoms with Crippen molar-refractivity contribution in [1.29, 1.82) is 0 Å². The number of hydrogen-bond acceptors (Lipinski definition) is 4. The van der Waals surface area contributed by atoms with Crippen LogP contribution >= 0.6 is 11.6 Å². The van der Waals surface area contributed by atoms with Crippen LogP contribution in [0.5, 0.6) is 0 Å². The second-order valence-corrected chi connectivity index (χ2v) is 7.63. The lowest BCUT2D eigenvalue weighted by Gasteiger charge is -2.37. The molecule has 2 saturated heterocycles. The van der Waals surface area contributed by atoms with Gasteiger partial charge in [-0.2, -0.15) is 0 Å². The van der Waals surface area contributed by atoms with Crippen molar-refractivity contribution in [3.63, 3.8) is 0 Å². The Morgan fingerprint density at radius 2 is 1.81 bits per heavy atom. The highest BCUT2D eigenvalue weighted by Crippen LogP contribution is 2.19. The molecule has 2 aliphatic heterocycles. The second-order valence-electron chi connectivity index (χ2n) is 7.19. The zero-order valence-electron chi connectivity index (χ0n) is 15.6. The number of likely N-dealkylation sites (tertiary alicyclic amines) is 1. The Balaban J connectivity index is 1.46. The minimum atomic E-state index is -0.548. The summed E-state index contributed by atoms with van der Waals surface area (Å²) in [6.45, 7) is 6.89. The summed E-state index contributed by atoms with van der Waals surface area (Å²) in [4.78, 5) is 30.8. The Bertz CT molecular complexity index is 688. The number of nitrogens with one attached hydrogen (secondary N) is 1. The fourth-order valence-electron chi connectivity index (χ4n) is 3.56. The highest BCUT2D eigenvalue weighted by molar-refractivity contribution is 6.30. The zero-order chi connectivity index (χ0) is 19.4. The second kappa shape index (κ2) is 8.99. The summed E-state index contributed by atoms with van der Waals surface area (Å²) in [5.74, 6) is -0.601. The molecule has 2 aliphatic rings. The van der Waals surface area contributed by atoms with E-state index in [0.29, 0.717) is 19.6 Å². The first-order chi connectivity index (χ1) is 12.9. The summed E-state index contributed by atoms with van der Waals surface area (Å²) >= 11 is 5.74. The number of halogens is 2. The highest BCUT2D eigenvalue weighted by atomic mass is 35.5. The summed E-state index contributed by atoms with van der Waals surface area (Å²) < 4.78 is 13.9. The molecule has 1 atom stereocenters. The molecule has 1 N–H and O–H groups in total. The number of rotatable bonds is 5. The van der Waals surface area contributed by atoms with Crippen LogP contribution in [-0.4, -0.2) is 78.4 Å². The number of carbonyl (C=O) groups is 2. The first-order valence-corrected chi connectivity index (χ1v) is 9.82. The van der Waals surface area contributed by atoms with Crippen LogP contribution in [0.2, 0.25) is 5.02 Å². The predicted octanol–water partition coefficient (Wildman–Crippen LogP) is 2.05. The highest BCUT2D eigenvalue weighted by Gasteiger charge is 2.28. The smallest absolute Gasteiger partial charge is 0.241 e. The van der Waals surface area contributed by atoms with E-state index in [-0.39, 0.29) is 28.6 Å². The first-order valence-electron chi connectivity index (χ1n) is 9.44. The normalized spacial score (nSPS) is 19.9. The lowest BCUT2D eigenvalue weighted by Crippen LogP contribution is -2.54. The molecule has 2 amide bonds. The average molecular weight is 397 g/mol. The predicted molar refractivity (Wildman–Crippen MR) is 103 cm³/mol. The van der Waals surface area contributed by atoms with Crippen molar-refractivity contribution < 1.29 is 14.0 Å². The van der Waals surface area contributed by atoms with Crippen LogP contribution in [0.3, 0.4) is 0 Å². The summed E-state index contributed by atoms with van der Waals surface area (Å²) in [6, 6.07) is 3.81. The number of hydrogen-bond donors (Lipinski definition) is 1. The fraction of sp³-hybridized carbons (Fsp3) is 0.579. The van der Waals surface area contributed by atoms with Gasteiger partial charge in [0, 0.05) is 44.3 Å². The first kappa shape index (κ1) is 20.0. The van der Waals surface area contributed by atoms with Crippen LogP contribution in [-0.2, 0) is 9.59 Å². The summed E-state index contributed by atoms with van der Waals surface area (Å²) in [7, 11) is 0. The van der Waals surface area contributed by atoms with Crippen molar-refractivity contribution in [2.75, 3.05) is 51.1 Å². The summed E-state index contributed by atoms with van der Waals surface area (Å²) in [6.07, 6.45) is 2.20. The van der Waals surface area contributed by atoms with E-state index in [4.69, 9.17) is 11.6 Å². The van der Waals surface area contributed by atoms with Gasteiger partial charge in [-0.3, -0.25) is 19.4 Å². The monoisotopic (exact) mass is 396 g/mol. The Hall–Kier alpha value is -1.70. The van der Waals surface area contributed by atoms with Gasteiger partial charge in [-0.05, 0) is 38.0 Å². The number of benzene rings is 1. The average Bonchev–Trinajstić information content (AvgIpc) is 3.19. The van der Waals surface area contributed by atoms with Gasteiger partial charge in [-0.25, -0.2) is 4.39 Å². The number of nitrogens with zero attached hydrogens (tertiary/aromatic N) is 3. The molecular formula is C19H26ClFN4O2. The lowest BCUT2D eigenvalue weighted by molar-refractivity contribution is -0.132. The Labute approximate surface area is 164 Å². The minimum absolute atomic E-state index is 0.131. The van der Waals surface area contributed by atoms with Gasteiger partial charge in [0.15, 0.2) is 0 Å². The number of carbonyl (C=O) groups excluding carboxylic acids is 2. The number of piperazine rings is 1. The Kier molecular flexibility index (Phi) is 6.68. The number of anilines is 1. The van der Waals surface area contributed by atoms with E-state index in [2.05, 4.69) is 15.1 Å². The van der Waals surface area contributed by atoms with E-state index in [1.54, 1.807) is 6.07 Å². The van der Waals surface area contributed by atoms with Crippen LogP contribution in [0, 0.1) is 5.82 Å². The van der Waals surface area contributed by atoms with Crippen molar-refractivity contribution in [3.05, 3.63) is 29.0 Å². The maximum Gasteiger partial charge on any atom is 0.241 e. The topological polar surface area (TPSA) is 55.9 Å². The SMILES string of the molecule is C[C@@H](C(=O)Nc1ccc(Cl)cc1F)N1CCN(CC(=O)N2CCCC2)CC1. The Morgan fingerprint density at radius 1 is 1.15 bits per heavy atom. The molecule has 0 aromatic heterocycles. The van der Waals surface area contributed by atoms with Gasteiger partial charge < -0.3 is 10.2 Å². The van der Waals surface area contributed by atoms with Crippen molar-refractivity contribution in [3.8, 4) is 0 Å². The van der Waals surface area contributed by atoms with Gasteiger partial charge in [0.2, 0.25) is 11.8 Å². The third kappa shape index (κ3) is 5.18. The molecule has 0 spiro atoms. The molecule has 0 aliphatic carbocycles. The lowest BCUT2D eigenvalue weighted by atomic mass is 10.2. The van der Waals surface area contributed by atoms with Gasteiger partial charge >= 0.3 is 0 Å². The van der Waals surface area contributed by atoms with Gasteiger partial charge in [-0.1, -0.05) is 11.6 Å². The molecule has 0 radical (unpaired) electrons. The van der Waals surface area contributed by atoms with Crippen molar-refractivity contribution in [2.24, 2.45) is 0 Å². The van der Waals surface area contributed by atoms with E-state index in [1.807, 2.05) is 11.8 Å². The molecule has 2 heterocycles. The van der Waals surface area contributed by atoms with Crippen LogP contribution in [0.4, 0.5) is 10.1 Å². The molecule has 27 heavy (non-hydrogen) atoms. The quantitative estimate of drug-likeness (QED) is 0.827. The summed E-state index contributed by atoms with van der Waals surface area (Å²) in [5.41, 5.74) is 0.131. The molecule has 1 aromatic carbocycles. The molecule has 0 unspecified atom stereocenters. The number of amides is 2. The summed E-state index contributed by atoms with van der Waals surface area (Å²) in [5, 5.41) is 2.92. The molecule has 0 bridgehead atoms. The van der Waals surface area contributed by atoms with Gasteiger partial charge in [0.1, 0.15) is 5.82 Å². The standard InChI is InChI=1S/C19H26ClFN4O2/c1-14(19(27)22-17-5-4-15(20)12-16(17)21)24-10-8-23(9-11-24)13-18(26)25-6-2-3-7-25/h4-5,12,14H,2-3,6-11,13H2,1H3,(H,22,27)/t14-/m0/s1. The molecule has 8 heteroatoms. The van der Waals surface area contributed by atoms with Crippen molar-refractivity contribution in [1.82, 2.24) is 14.7 Å². The van der Waals surface area contributed by atoms with E-state index in [9.17, 15) is 14.0 Å². The van der Waals surface area contributed by atoms with E-state index in [0.717, 1.165) is 39.0 Å². The third-order valence-electron chi connectivity index (χ3n) is 5.34. The van der Waals surface area contributed by atoms with Gasteiger partial charge in [0.25, 0.3) is 0 Å². The van der Waals surface area contributed by atoms with Crippen LogP contribution in [0.25, 0.3) is 0 Å². The Morgan fingerprint density at radius 3 is 2.44 bits per heavy atom. The largest absolute Gasteiger partial charge is 0.342 e. The molecule has 6 nitrogen and oxygen atoms in total. The van der Waals surface area contributed by atoms with E-state index in [1.165, 1.54) is 12.1 Å². The molecule has 1 aromatic rings. The molecule has 2 fully saturated rings. The zero-order valence-corrected chi connectivity index (χ0v) is 16.3. The van der Waals surface area contributed by atoms with Crippen molar-refractivity contribution >= 4 is 29.1 Å². The van der Waals surface area contributed by atoms with E-state index < -0.39 is 5.82 Å². The minimum Gasteiger partial charge on any atom is -0.342 e. The van der Waals surface area contributed by atoms with Gasteiger partial charge in [0.05, 0.1) is 18.3 Å². The van der Waals surface area contributed by atoms with Crippen LogP contribution in [0.1, 0.15) is 19.8 Å². The van der Waals surface area contributed by atoms with Crippen molar-refractivity contribution in [2.45, 2.75) is 25.8 Å². The maximum atomic E-state index is 13.9. The molecule has 3 rings (SSSR count). The van der Waals surface area contributed by atoms with Crippen LogP contribution in [0.15, 0.2) is 18.2 Å². The van der Waals surface area contributed by atoms with Crippen LogP contribution < -0.4 is 5.32 Å². The van der Waals surface area contributed by atoms with E-state index >= 15 is 0 Å². The molecule has 148 valence electrons. The van der Waals surface area contributed by atoms with Gasteiger partial charge in [-0.15, -0.1) is 0 Å². The maximum absolute atomic E-state index is 13.9.